The lowest BCUT2D eigenvalue weighted by Crippen LogP contribution is -2.20. The third kappa shape index (κ3) is 5.88. The first-order valence-electron chi connectivity index (χ1n) is 5.98. The highest BCUT2D eigenvalue weighted by Crippen LogP contribution is 2.14. The summed E-state index contributed by atoms with van der Waals surface area (Å²) < 4.78 is 10.3. The third-order valence-electron chi connectivity index (χ3n) is 2.47. The van der Waals surface area contributed by atoms with E-state index in [1.54, 1.807) is 13.0 Å². The van der Waals surface area contributed by atoms with Gasteiger partial charge in [0, 0.05) is 19.2 Å². The molecule has 4 nitrogen and oxygen atoms in total. The van der Waals surface area contributed by atoms with Crippen molar-refractivity contribution in [3.63, 3.8) is 0 Å². The minimum atomic E-state index is -0.275. The van der Waals surface area contributed by atoms with Gasteiger partial charge >= 0.3 is 5.97 Å². The lowest BCUT2D eigenvalue weighted by Gasteiger charge is -2.08. The molecule has 1 atom stereocenters. The molecule has 0 aromatic heterocycles. The Morgan fingerprint density at radius 1 is 1.62 bits per heavy atom. The molecule has 0 spiro atoms. The molecular weight excluding hydrogens is 206 g/mol. The predicted molar refractivity (Wildman–Crippen MR) is 62.2 cm³/mol. The van der Waals surface area contributed by atoms with Gasteiger partial charge in [-0.25, -0.2) is 4.79 Å². The number of hydrogen-bond acceptors (Lipinski definition) is 4. The monoisotopic (exact) mass is 227 g/mol. The molecular formula is C12H21NO3. The van der Waals surface area contributed by atoms with Crippen LogP contribution in [0, 0.1) is 0 Å². The number of carbonyl (C=O) groups is 1. The van der Waals surface area contributed by atoms with Crippen LogP contribution in [0.5, 0.6) is 0 Å². The summed E-state index contributed by atoms with van der Waals surface area (Å²) in [6, 6.07) is 0. The van der Waals surface area contributed by atoms with E-state index in [2.05, 4.69) is 5.32 Å². The van der Waals surface area contributed by atoms with Crippen LogP contribution in [0.15, 0.2) is 12.2 Å². The summed E-state index contributed by atoms with van der Waals surface area (Å²) in [4.78, 5) is 10.9. The Morgan fingerprint density at radius 2 is 2.50 bits per heavy atom. The van der Waals surface area contributed by atoms with E-state index in [1.165, 1.54) is 18.9 Å². The van der Waals surface area contributed by atoms with Gasteiger partial charge in [0.25, 0.3) is 0 Å². The van der Waals surface area contributed by atoms with Crippen LogP contribution < -0.4 is 5.32 Å². The molecule has 1 aliphatic heterocycles. The summed E-state index contributed by atoms with van der Waals surface area (Å²) in [7, 11) is 0. The zero-order chi connectivity index (χ0) is 11.6. The summed E-state index contributed by atoms with van der Waals surface area (Å²) in [6.45, 7) is 4.76. The molecule has 1 fully saturated rings. The number of carbonyl (C=O) groups excluding carboxylic acids is 1. The Morgan fingerprint density at radius 3 is 3.19 bits per heavy atom. The molecule has 1 rings (SSSR count). The number of ether oxygens (including phenoxy) is 2. The molecule has 1 aliphatic rings. The van der Waals surface area contributed by atoms with Gasteiger partial charge in [-0.05, 0) is 32.7 Å². The third-order valence-corrected chi connectivity index (χ3v) is 2.47. The summed E-state index contributed by atoms with van der Waals surface area (Å²) in [5.74, 6) is -0.275. The fourth-order valence-electron chi connectivity index (χ4n) is 1.67. The van der Waals surface area contributed by atoms with E-state index in [0.29, 0.717) is 19.3 Å². The van der Waals surface area contributed by atoms with E-state index in [1.807, 2.05) is 0 Å². The number of rotatable bonds is 7. The van der Waals surface area contributed by atoms with E-state index in [4.69, 9.17) is 9.47 Å². The van der Waals surface area contributed by atoms with Gasteiger partial charge in [-0.15, -0.1) is 0 Å². The predicted octanol–water partition coefficient (Wildman–Crippen LogP) is 1.26. The van der Waals surface area contributed by atoms with E-state index in [9.17, 15) is 4.79 Å². The lowest BCUT2D eigenvalue weighted by molar-refractivity contribution is -0.137. The lowest BCUT2D eigenvalue weighted by atomic mass is 10.2. The molecule has 0 radical (unpaired) electrons. The van der Waals surface area contributed by atoms with Crippen molar-refractivity contribution in [3.05, 3.63) is 12.2 Å². The Labute approximate surface area is 97.0 Å². The zero-order valence-electron chi connectivity index (χ0n) is 9.91. The van der Waals surface area contributed by atoms with Crippen molar-refractivity contribution < 1.29 is 14.3 Å². The average molecular weight is 227 g/mol. The van der Waals surface area contributed by atoms with Crippen molar-refractivity contribution in [2.24, 2.45) is 0 Å². The van der Waals surface area contributed by atoms with Gasteiger partial charge in [0.2, 0.25) is 0 Å². The molecule has 92 valence electrons. The Hall–Kier alpha value is -0.870. The second-order valence-electron chi connectivity index (χ2n) is 3.78. The maximum Gasteiger partial charge on any atom is 0.330 e. The van der Waals surface area contributed by atoms with Crippen LogP contribution in [-0.2, 0) is 14.3 Å². The molecule has 4 heteroatoms. The molecule has 16 heavy (non-hydrogen) atoms. The van der Waals surface area contributed by atoms with Gasteiger partial charge in [-0.2, -0.15) is 0 Å². The van der Waals surface area contributed by atoms with E-state index < -0.39 is 0 Å². The first-order valence-corrected chi connectivity index (χ1v) is 5.98. The minimum Gasteiger partial charge on any atom is -0.463 e. The van der Waals surface area contributed by atoms with Crippen LogP contribution >= 0.6 is 0 Å². The molecule has 1 unspecified atom stereocenters. The number of esters is 1. The Kier molecular flexibility index (Phi) is 6.85. The van der Waals surface area contributed by atoms with E-state index in [-0.39, 0.29) is 5.97 Å². The summed E-state index contributed by atoms with van der Waals surface area (Å²) in [5, 5.41) is 3.24. The molecule has 0 aromatic rings. The quantitative estimate of drug-likeness (QED) is 0.404. The van der Waals surface area contributed by atoms with Crippen LogP contribution in [0.3, 0.4) is 0 Å². The second-order valence-corrected chi connectivity index (χ2v) is 3.78. The largest absolute Gasteiger partial charge is 0.463 e. The van der Waals surface area contributed by atoms with Gasteiger partial charge in [0.1, 0.15) is 0 Å². The average Bonchev–Trinajstić information content (AvgIpc) is 2.76. The summed E-state index contributed by atoms with van der Waals surface area (Å²) in [6.07, 6.45) is 7.10. The Balaban J connectivity index is 1.92. The molecule has 0 bridgehead atoms. The van der Waals surface area contributed by atoms with Crippen molar-refractivity contribution in [1.82, 2.24) is 5.32 Å². The first-order chi connectivity index (χ1) is 7.83. The fourth-order valence-corrected chi connectivity index (χ4v) is 1.67. The molecule has 0 aliphatic carbocycles. The molecule has 1 N–H and O–H groups in total. The molecule has 1 saturated heterocycles. The van der Waals surface area contributed by atoms with E-state index in [0.717, 1.165) is 19.6 Å². The van der Waals surface area contributed by atoms with Crippen LogP contribution in [0.25, 0.3) is 0 Å². The van der Waals surface area contributed by atoms with Crippen molar-refractivity contribution in [1.29, 1.82) is 0 Å². The standard InChI is InChI=1S/C12H21NO3/c1-2-15-12(14)6-3-8-13-9-7-11-5-4-10-16-11/h3,6,11,13H,2,4-5,7-10H2,1H3/b6-3+. The van der Waals surface area contributed by atoms with E-state index >= 15 is 0 Å². The van der Waals surface area contributed by atoms with Crippen molar-refractivity contribution in [2.75, 3.05) is 26.3 Å². The molecule has 0 amide bonds. The topological polar surface area (TPSA) is 47.6 Å². The highest BCUT2D eigenvalue weighted by atomic mass is 16.5. The van der Waals surface area contributed by atoms with Crippen LogP contribution in [0.4, 0.5) is 0 Å². The maximum atomic E-state index is 10.9. The van der Waals surface area contributed by atoms with Gasteiger partial charge in [-0.1, -0.05) is 6.08 Å². The van der Waals surface area contributed by atoms with Crippen LogP contribution in [0.2, 0.25) is 0 Å². The van der Waals surface area contributed by atoms with Crippen LogP contribution in [-0.4, -0.2) is 38.4 Å². The molecule has 0 aromatic carbocycles. The zero-order valence-corrected chi connectivity index (χ0v) is 9.91. The summed E-state index contributed by atoms with van der Waals surface area (Å²) in [5.41, 5.74) is 0. The highest BCUT2D eigenvalue weighted by Gasteiger charge is 2.13. The van der Waals surface area contributed by atoms with Gasteiger partial charge in [-0.3, -0.25) is 0 Å². The van der Waals surface area contributed by atoms with Crippen molar-refractivity contribution >= 4 is 5.97 Å². The smallest absolute Gasteiger partial charge is 0.330 e. The fraction of sp³-hybridized carbons (Fsp3) is 0.750. The van der Waals surface area contributed by atoms with Crippen molar-refractivity contribution in [2.45, 2.75) is 32.3 Å². The molecule has 0 saturated carbocycles. The second kappa shape index (κ2) is 8.30. The first kappa shape index (κ1) is 13.2. The highest BCUT2D eigenvalue weighted by molar-refractivity contribution is 5.81. The molecule has 1 heterocycles. The Bertz CT molecular complexity index is 222. The maximum absolute atomic E-state index is 10.9. The van der Waals surface area contributed by atoms with Crippen LogP contribution in [0.1, 0.15) is 26.2 Å². The normalized spacial score (nSPS) is 20.4. The minimum absolute atomic E-state index is 0.275. The number of hydrogen-bond donors (Lipinski definition) is 1. The number of nitrogens with one attached hydrogen (secondary N) is 1. The van der Waals surface area contributed by atoms with Gasteiger partial charge in [0.15, 0.2) is 0 Å². The SMILES string of the molecule is CCOC(=O)/C=C/CNCCC1CCCO1. The summed E-state index contributed by atoms with van der Waals surface area (Å²) >= 11 is 0. The van der Waals surface area contributed by atoms with Gasteiger partial charge < -0.3 is 14.8 Å². The van der Waals surface area contributed by atoms with Gasteiger partial charge in [0.05, 0.1) is 12.7 Å². The van der Waals surface area contributed by atoms with Crippen molar-refractivity contribution in [3.8, 4) is 0 Å².